The van der Waals surface area contributed by atoms with Crippen LogP contribution >= 0.6 is 0 Å². The fourth-order valence-corrected chi connectivity index (χ4v) is 1.76. The summed E-state index contributed by atoms with van der Waals surface area (Å²) in [5.74, 6) is 0. The fourth-order valence-electron chi connectivity index (χ4n) is 1.76. The van der Waals surface area contributed by atoms with Crippen LogP contribution in [0.3, 0.4) is 0 Å². The summed E-state index contributed by atoms with van der Waals surface area (Å²) in [5, 5.41) is 3.48. The lowest BCUT2D eigenvalue weighted by atomic mass is 10.2. The summed E-state index contributed by atoms with van der Waals surface area (Å²) in [5.41, 5.74) is 2.35. The van der Waals surface area contributed by atoms with Gasteiger partial charge in [0.05, 0.1) is 0 Å². The molecule has 1 N–H and O–H groups in total. The first-order valence-corrected chi connectivity index (χ1v) is 6.53. The molecule has 0 saturated carbocycles. The SMILES string of the molecule is CC(C/C=C/c1cccnc1)NCc1cccnc1. The Bertz CT molecular complexity index is 494. The highest BCUT2D eigenvalue weighted by molar-refractivity contribution is 5.47. The lowest BCUT2D eigenvalue weighted by Gasteiger charge is -2.11. The molecule has 0 saturated heterocycles. The van der Waals surface area contributed by atoms with Crippen molar-refractivity contribution < 1.29 is 0 Å². The Hall–Kier alpha value is -2.00. The summed E-state index contributed by atoms with van der Waals surface area (Å²) in [6.45, 7) is 3.04. The van der Waals surface area contributed by atoms with Gasteiger partial charge in [0.2, 0.25) is 0 Å². The molecular weight excluding hydrogens is 234 g/mol. The average molecular weight is 253 g/mol. The Morgan fingerprint density at radius 2 is 1.95 bits per heavy atom. The number of hydrogen-bond acceptors (Lipinski definition) is 3. The number of aromatic nitrogens is 2. The summed E-state index contributed by atoms with van der Waals surface area (Å²) >= 11 is 0. The molecule has 0 aliphatic rings. The summed E-state index contributed by atoms with van der Waals surface area (Å²) < 4.78 is 0. The molecule has 0 bridgehead atoms. The second-order valence-electron chi connectivity index (χ2n) is 4.57. The molecule has 98 valence electrons. The van der Waals surface area contributed by atoms with Crippen molar-refractivity contribution in [2.45, 2.75) is 25.9 Å². The average Bonchev–Trinajstić information content (AvgIpc) is 2.47. The van der Waals surface area contributed by atoms with Gasteiger partial charge < -0.3 is 5.32 Å². The normalized spacial score (nSPS) is 12.7. The molecule has 2 heterocycles. The maximum absolute atomic E-state index is 4.10. The van der Waals surface area contributed by atoms with Gasteiger partial charge in [-0.25, -0.2) is 0 Å². The van der Waals surface area contributed by atoms with E-state index < -0.39 is 0 Å². The molecular formula is C16H19N3. The van der Waals surface area contributed by atoms with Crippen molar-refractivity contribution in [3.63, 3.8) is 0 Å². The fraction of sp³-hybridized carbons (Fsp3) is 0.250. The molecule has 1 unspecified atom stereocenters. The second kappa shape index (κ2) is 7.44. The first-order valence-electron chi connectivity index (χ1n) is 6.53. The van der Waals surface area contributed by atoms with Crippen molar-refractivity contribution in [2.75, 3.05) is 0 Å². The molecule has 3 nitrogen and oxygen atoms in total. The minimum atomic E-state index is 0.438. The molecule has 0 radical (unpaired) electrons. The Kier molecular flexibility index (Phi) is 5.26. The van der Waals surface area contributed by atoms with Gasteiger partial charge in [-0.2, -0.15) is 0 Å². The minimum Gasteiger partial charge on any atom is -0.310 e. The lowest BCUT2D eigenvalue weighted by Crippen LogP contribution is -2.24. The Morgan fingerprint density at radius 3 is 2.63 bits per heavy atom. The Labute approximate surface area is 114 Å². The van der Waals surface area contributed by atoms with E-state index in [4.69, 9.17) is 0 Å². The number of pyridine rings is 2. The van der Waals surface area contributed by atoms with Crippen molar-refractivity contribution in [3.05, 3.63) is 66.3 Å². The van der Waals surface area contributed by atoms with E-state index in [1.165, 1.54) is 5.56 Å². The lowest BCUT2D eigenvalue weighted by molar-refractivity contribution is 0.553. The molecule has 3 heteroatoms. The molecule has 0 spiro atoms. The third-order valence-corrected chi connectivity index (χ3v) is 2.86. The van der Waals surface area contributed by atoms with Crippen LogP contribution in [0.5, 0.6) is 0 Å². The third-order valence-electron chi connectivity index (χ3n) is 2.86. The highest BCUT2D eigenvalue weighted by Crippen LogP contribution is 2.02. The number of nitrogens with zero attached hydrogens (tertiary/aromatic N) is 2. The number of rotatable bonds is 6. The van der Waals surface area contributed by atoms with E-state index in [1.807, 2.05) is 24.5 Å². The van der Waals surface area contributed by atoms with E-state index in [0.29, 0.717) is 6.04 Å². The zero-order chi connectivity index (χ0) is 13.3. The summed E-state index contributed by atoms with van der Waals surface area (Å²) in [6.07, 6.45) is 12.6. The monoisotopic (exact) mass is 253 g/mol. The highest BCUT2D eigenvalue weighted by atomic mass is 14.9. The molecule has 0 aliphatic heterocycles. The topological polar surface area (TPSA) is 37.8 Å². The van der Waals surface area contributed by atoms with Gasteiger partial charge in [-0.15, -0.1) is 0 Å². The van der Waals surface area contributed by atoms with Gasteiger partial charge in [0.1, 0.15) is 0 Å². The van der Waals surface area contributed by atoms with E-state index in [9.17, 15) is 0 Å². The zero-order valence-corrected chi connectivity index (χ0v) is 11.2. The van der Waals surface area contributed by atoms with E-state index in [-0.39, 0.29) is 0 Å². The van der Waals surface area contributed by atoms with Crippen molar-refractivity contribution in [1.29, 1.82) is 0 Å². The maximum atomic E-state index is 4.10. The molecule has 19 heavy (non-hydrogen) atoms. The first kappa shape index (κ1) is 13.4. The van der Waals surface area contributed by atoms with Gasteiger partial charge in [0, 0.05) is 37.4 Å². The molecule has 2 aromatic rings. The molecule has 2 rings (SSSR count). The third kappa shape index (κ3) is 5.02. The van der Waals surface area contributed by atoms with E-state index in [1.54, 1.807) is 12.4 Å². The smallest absolute Gasteiger partial charge is 0.0340 e. The summed E-state index contributed by atoms with van der Waals surface area (Å²) in [6, 6.07) is 8.48. The number of hydrogen-bond donors (Lipinski definition) is 1. The predicted molar refractivity (Wildman–Crippen MR) is 78.4 cm³/mol. The summed E-state index contributed by atoms with van der Waals surface area (Å²) in [4.78, 5) is 8.19. The van der Waals surface area contributed by atoms with Gasteiger partial charge in [-0.05, 0) is 36.6 Å². The van der Waals surface area contributed by atoms with Gasteiger partial charge in [0.25, 0.3) is 0 Å². The van der Waals surface area contributed by atoms with Crippen LogP contribution in [-0.4, -0.2) is 16.0 Å². The predicted octanol–water partition coefficient (Wildman–Crippen LogP) is 3.06. The van der Waals surface area contributed by atoms with Crippen LogP contribution in [0.25, 0.3) is 6.08 Å². The van der Waals surface area contributed by atoms with Gasteiger partial charge >= 0.3 is 0 Å². The summed E-state index contributed by atoms with van der Waals surface area (Å²) in [7, 11) is 0. The largest absolute Gasteiger partial charge is 0.310 e. The second-order valence-corrected chi connectivity index (χ2v) is 4.57. The van der Waals surface area contributed by atoms with Crippen LogP contribution in [0, 0.1) is 0 Å². The van der Waals surface area contributed by atoms with Crippen LogP contribution in [-0.2, 0) is 6.54 Å². The highest BCUT2D eigenvalue weighted by Gasteiger charge is 1.98. The minimum absolute atomic E-state index is 0.438. The van der Waals surface area contributed by atoms with E-state index >= 15 is 0 Å². The molecule has 2 aromatic heterocycles. The maximum Gasteiger partial charge on any atom is 0.0340 e. The van der Waals surface area contributed by atoms with Crippen molar-refractivity contribution in [1.82, 2.24) is 15.3 Å². The van der Waals surface area contributed by atoms with E-state index in [2.05, 4.69) is 46.5 Å². The van der Waals surface area contributed by atoms with Crippen LogP contribution < -0.4 is 5.32 Å². The Balaban J connectivity index is 1.73. The van der Waals surface area contributed by atoms with Crippen LogP contribution in [0.15, 0.2) is 55.1 Å². The van der Waals surface area contributed by atoms with Crippen molar-refractivity contribution in [3.8, 4) is 0 Å². The van der Waals surface area contributed by atoms with Crippen molar-refractivity contribution >= 4 is 6.08 Å². The molecule has 0 aromatic carbocycles. The first-order chi connectivity index (χ1) is 9.34. The van der Waals surface area contributed by atoms with Gasteiger partial charge in [0.15, 0.2) is 0 Å². The van der Waals surface area contributed by atoms with Gasteiger partial charge in [-0.1, -0.05) is 24.3 Å². The zero-order valence-electron chi connectivity index (χ0n) is 11.2. The van der Waals surface area contributed by atoms with Crippen LogP contribution in [0.2, 0.25) is 0 Å². The van der Waals surface area contributed by atoms with Crippen LogP contribution in [0.1, 0.15) is 24.5 Å². The quantitative estimate of drug-likeness (QED) is 0.859. The van der Waals surface area contributed by atoms with E-state index in [0.717, 1.165) is 18.5 Å². The van der Waals surface area contributed by atoms with Crippen molar-refractivity contribution in [2.24, 2.45) is 0 Å². The standard InChI is InChI=1S/C16H19N3/c1-14(19-13-16-8-4-10-18-12-16)5-2-6-15-7-3-9-17-11-15/h2-4,6-12,14,19H,5,13H2,1H3/b6-2+. The Morgan fingerprint density at radius 1 is 1.16 bits per heavy atom. The van der Waals surface area contributed by atoms with Gasteiger partial charge in [-0.3, -0.25) is 9.97 Å². The molecule has 1 atom stereocenters. The molecule has 0 fully saturated rings. The molecule has 0 aliphatic carbocycles. The van der Waals surface area contributed by atoms with Crippen LogP contribution in [0.4, 0.5) is 0 Å². The molecule has 0 amide bonds. The number of nitrogens with one attached hydrogen (secondary N) is 1.